The van der Waals surface area contributed by atoms with E-state index in [9.17, 15) is 0 Å². The van der Waals surface area contributed by atoms with E-state index in [0.29, 0.717) is 6.04 Å². The summed E-state index contributed by atoms with van der Waals surface area (Å²) in [5.41, 5.74) is 2.47. The molecule has 3 heteroatoms. The third kappa shape index (κ3) is 2.11. The lowest BCUT2D eigenvalue weighted by Crippen LogP contribution is -2.31. The van der Waals surface area contributed by atoms with Gasteiger partial charge in [0.1, 0.15) is 0 Å². The van der Waals surface area contributed by atoms with Crippen molar-refractivity contribution in [3.8, 4) is 11.3 Å². The smallest absolute Gasteiger partial charge is 0.0954 e. The predicted molar refractivity (Wildman–Crippen MR) is 68.8 cm³/mol. The highest BCUT2D eigenvalue weighted by Gasteiger charge is 2.17. The van der Waals surface area contributed by atoms with Gasteiger partial charge in [-0.15, -0.1) is 0 Å². The molecule has 17 heavy (non-hydrogen) atoms. The molecule has 1 unspecified atom stereocenters. The summed E-state index contributed by atoms with van der Waals surface area (Å²) in [6, 6.07) is 11.0. The van der Waals surface area contributed by atoms with E-state index in [1.54, 1.807) is 0 Å². The van der Waals surface area contributed by atoms with Crippen LogP contribution in [-0.4, -0.2) is 22.6 Å². The van der Waals surface area contributed by atoms with E-state index in [0.717, 1.165) is 13.1 Å². The fraction of sp³-hybridized carbons (Fsp3) is 0.357. The molecule has 3 nitrogen and oxygen atoms in total. The van der Waals surface area contributed by atoms with Crippen LogP contribution in [0.3, 0.4) is 0 Å². The van der Waals surface area contributed by atoms with E-state index >= 15 is 0 Å². The Morgan fingerprint density at radius 2 is 2.12 bits per heavy atom. The number of nitrogens with one attached hydrogen (secondary N) is 1. The van der Waals surface area contributed by atoms with Gasteiger partial charge in [-0.2, -0.15) is 0 Å². The van der Waals surface area contributed by atoms with Gasteiger partial charge >= 0.3 is 0 Å². The van der Waals surface area contributed by atoms with Crippen LogP contribution in [0.1, 0.15) is 18.9 Å². The molecule has 0 radical (unpaired) electrons. The molecule has 1 fully saturated rings. The highest BCUT2D eigenvalue weighted by Crippen LogP contribution is 2.25. The van der Waals surface area contributed by atoms with E-state index in [2.05, 4.69) is 39.1 Å². The molecule has 2 aromatic rings. The normalized spacial score (nSPS) is 20.4. The van der Waals surface area contributed by atoms with Crippen LogP contribution in [-0.2, 0) is 0 Å². The average Bonchev–Trinajstić information content (AvgIpc) is 2.90. The first-order valence-electron chi connectivity index (χ1n) is 6.23. The van der Waals surface area contributed by atoms with Gasteiger partial charge < -0.3 is 9.88 Å². The van der Waals surface area contributed by atoms with Crippen LogP contribution in [0.5, 0.6) is 0 Å². The van der Waals surface area contributed by atoms with Gasteiger partial charge in [0.25, 0.3) is 0 Å². The molecular formula is C14H17N3. The third-order valence-corrected chi connectivity index (χ3v) is 3.40. The Bertz CT molecular complexity index is 469. The van der Waals surface area contributed by atoms with E-state index < -0.39 is 0 Å². The van der Waals surface area contributed by atoms with Crippen molar-refractivity contribution in [3.05, 3.63) is 42.9 Å². The van der Waals surface area contributed by atoms with Crippen molar-refractivity contribution in [2.24, 2.45) is 0 Å². The lowest BCUT2D eigenvalue weighted by Gasteiger charge is -2.25. The Morgan fingerprint density at radius 3 is 2.88 bits per heavy atom. The molecule has 0 amide bonds. The first-order valence-corrected chi connectivity index (χ1v) is 6.23. The zero-order chi connectivity index (χ0) is 11.5. The van der Waals surface area contributed by atoms with Gasteiger partial charge in [-0.3, -0.25) is 0 Å². The predicted octanol–water partition coefficient (Wildman–Crippen LogP) is 2.47. The van der Waals surface area contributed by atoms with E-state index in [1.807, 2.05) is 18.6 Å². The third-order valence-electron chi connectivity index (χ3n) is 3.40. The first kappa shape index (κ1) is 10.5. The van der Waals surface area contributed by atoms with Crippen molar-refractivity contribution >= 4 is 0 Å². The standard InChI is InChI=1S/C14H17N3/c1-2-5-12(6-3-1)14-10-16-11-17(14)13-7-4-8-15-9-13/h1-3,5-6,10-11,13,15H,4,7-9H2. The van der Waals surface area contributed by atoms with Crippen molar-refractivity contribution in [2.45, 2.75) is 18.9 Å². The minimum atomic E-state index is 0.543. The molecular weight excluding hydrogens is 210 g/mol. The molecule has 0 bridgehead atoms. The number of aromatic nitrogens is 2. The summed E-state index contributed by atoms with van der Waals surface area (Å²) in [6.45, 7) is 2.20. The summed E-state index contributed by atoms with van der Waals surface area (Å²) in [7, 11) is 0. The Morgan fingerprint density at radius 1 is 1.24 bits per heavy atom. The summed E-state index contributed by atoms with van der Waals surface area (Å²) in [6.07, 6.45) is 6.41. The second-order valence-electron chi connectivity index (χ2n) is 4.55. The summed E-state index contributed by atoms with van der Waals surface area (Å²) < 4.78 is 2.31. The lowest BCUT2D eigenvalue weighted by molar-refractivity contribution is 0.373. The molecule has 1 aliphatic rings. The molecule has 1 saturated heterocycles. The molecule has 1 atom stereocenters. The number of nitrogens with zero attached hydrogens (tertiary/aromatic N) is 2. The van der Waals surface area contributed by atoms with E-state index in [1.165, 1.54) is 24.1 Å². The Hall–Kier alpha value is -1.61. The number of benzene rings is 1. The minimum Gasteiger partial charge on any atom is -0.326 e. The highest BCUT2D eigenvalue weighted by atomic mass is 15.1. The first-order chi connectivity index (χ1) is 8.45. The Labute approximate surface area is 101 Å². The van der Waals surface area contributed by atoms with E-state index in [-0.39, 0.29) is 0 Å². The fourth-order valence-electron chi connectivity index (χ4n) is 2.50. The fourth-order valence-corrected chi connectivity index (χ4v) is 2.50. The molecule has 3 rings (SSSR count). The van der Waals surface area contributed by atoms with Crippen LogP contribution in [0, 0.1) is 0 Å². The van der Waals surface area contributed by atoms with Gasteiger partial charge in [-0.25, -0.2) is 4.98 Å². The number of hydrogen-bond donors (Lipinski definition) is 1. The number of hydrogen-bond acceptors (Lipinski definition) is 2. The van der Waals surface area contributed by atoms with Gasteiger partial charge in [0.2, 0.25) is 0 Å². The van der Waals surface area contributed by atoms with Crippen LogP contribution in [0.2, 0.25) is 0 Å². The van der Waals surface area contributed by atoms with Crippen molar-refractivity contribution in [1.82, 2.24) is 14.9 Å². The summed E-state index contributed by atoms with van der Waals surface area (Å²) in [5, 5.41) is 3.45. The molecule has 1 aliphatic heterocycles. The van der Waals surface area contributed by atoms with Crippen LogP contribution < -0.4 is 5.32 Å². The molecule has 0 aliphatic carbocycles. The van der Waals surface area contributed by atoms with Crippen molar-refractivity contribution in [1.29, 1.82) is 0 Å². The second kappa shape index (κ2) is 4.72. The lowest BCUT2D eigenvalue weighted by atomic mass is 10.1. The van der Waals surface area contributed by atoms with Gasteiger partial charge in [-0.05, 0) is 24.9 Å². The molecule has 2 heterocycles. The van der Waals surface area contributed by atoms with Gasteiger partial charge in [0, 0.05) is 12.6 Å². The maximum Gasteiger partial charge on any atom is 0.0954 e. The topological polar surface area (TPSA) is 29.9 Å². The Kier molecular flexibility index (Phi) is 2.92. The van der Waals surface area contributed by atoms with Crippen LogP contribution in [0.4, 0.5) is 0 Å². The summed E-state index contributed by atoms with van der Waals surface area (Å²) >= 11 is 0. The number of rotatable bonds is 2. The van der Waals surface area contributed by atoms with Gasteiger partial charge in [0.15, 0.2) is 0 Å². The quantitative estimate of drug-likeness (QED) is 0.854. The zero-order valence-electron chi connectivity index (χ0n) is 9.84. The molecule has 88 valence electrons. The maximum atomic E-state index is 4.31. The van der Waals surface area contributed by atoms with Crippen LogP contribution in [0.15, 0.2) is 42.9 Å². The van der Waals surface area contributed by atoms with Crippen molar-refractivity contribution < 1.29 is 0 Å². The Balaban J connectivity index is 1.93. The van der Waals surface area contributed by atoms with Crippen LogP contribution in [0.25, 0.3) is 11.3 Å². The number of piperidine rings is 1. The second-order valence-corrected chi connectivity index (χ2v) is 4.55. The van der Waals surface area contributed by atoms with Crippen molar-refractivity contribution in [3.63, 3.8) is 0 Å². The summed E-state index contributed by atoms with van der Waals surface area (Å²) in [4.78, 5) is 4.31. The maximum absolute atomic E-state index is 4.31. The zero-order valence-corrected chi connectivity index (χ0v) is 9.84. The van der Waals surface area contributed by atoms with Crippen molar-refractivity contribution in [2.75, 3.05) is 13.1 Å². The highest BCUT2D eigenvalue weighted by molar-refractivity contribution is 5.58. The SMILES string of the molecule is c1ccc(-c2cncn2C2CCCNC2)cc1. The van der Waals surface area contributed by atoms with Gasteiger partial charge in [0.05, 0.1) is 18.2 Å². The average molecular weight is 227 g/mol. The minimum absolute atomic E-state index is 0.543. The molecule has 0 saturated carbocycles. The monoisotopic (exact) mass is 227 g/mol. The molecule has 1 aromatic heterocycles. The van der Waals surface area contributed by atoms with E-state index in [4.69, 9.17) is 0 Å². The summed E-state index contributed by atoms with van der Waals surface area (Å²) in [5.74, 6) is 0. The van der Waals surface area contributed by atoms with Crippen LogP contribution >= 0.6 is 0 Å². The number of imidazole rings is 1. The largest absolute Gasteiger partial charge is 0.326 e. The molecule has 1 N–H and O–H groups in total. The molecule has 1 aromatic carbocycles. The molecule has 0 spiro atoms. The van der Waals surface area contributed by atoms with Gasteiger partial charge in [-0.1, -0.05) is 30.3 Å².